The number of nitrogens with one attached hydrogen (secondary N) is 1. The number of rotatable bonds is 6. The number of ketones is 2. The minimum Gasteiger partial charge on any atom is -0.507 e. The largest absolute Gasteiger partial charge is 0.507 e. The molecule has 0 heterocycles. The van der Waals surface area contributed by atoms with Crippen molar-refractivity contribution in [3.8, 4) is 11.5 Å². The molecule has 3 aliphatic rings. The van der Waals surface area contributed by atoms with E-state index in [4.69, 9.17) is 5.73 Å². The number of hydrogen-bond donors (Lipinski definition) is 5. The Bertz CT molecular complexity index is 1380. The highest BCUT2D eigenvalue weighted by Crippen LogP contribution is 2.53. The van der Waals surface area contributed by atoms with E-state index in [9.17, 15) is 29.7 Å². The Kier molecular flexibility index (Phi) is 7.06. The summed E-state index contributed by atoms with van der Waals surface area (Å²) in [6.45, 7) is 7.24. The van der Waals surface area contributed by atoms with E-state index in [1.165, 1.54) is 0 Å². The van der Waals surface area contributed by atoms with Crippen LogP contribution in [-0.2, 0) is 16.0 Å². The molecule has 0 aliphatic heterocycles. The van der Waals surface area contributed by atoms with Crippen molar-refractivity contribution >= 4 is 28.9 Å². The van der Waals surface area contributed by atoms with E-state index in [1.807, 2.05) is 25.1 Å². The molecule has 2 atom stereocenters. The molecule has 1 fully saturated rings. The second-order valence-electron chi connectivity index (χ2n) is 12.2. The third-order valence-corrected chi connectivity index (χ3v) is 7.58. The molecule has 1 saturated carbocycles. The number of nitrogens with two attached hydrogens (primary N) is 1. The molecule has 1 aromatic rings. The van der Waals surface area contributed by atoms with Crippen molar-refractivity contribution < 1.29 is 29.7 Å². The molecule has 6 N–H and O–H groups in total. The number of nitrogens with zero attached hydrogens (tertiary/aromatic N) is 2. The third kappa shape index (κ3) is 4.67. The average molecular weight is 539 g/mol. The van der Waals surface area contributed by atoms with Gasteiger partial charge in [0.25, 0.3) is 5.91 Å². The lowest BCUT2D eigenvalue weighted by atomic mass is 9.64. The summed E-state index contributed by atoms with van der Waals surface area (Å²) in [7, 11) is 7.03. The first-order chi connectivity index (χ1) is 18.1. The fourth-order valence-electron chi connectivity index (χ4n) is 5.97. The highest BCUT2D eigenvalue weighted by Gasteiger charge is 2.49. The maximum atomic E-state index is 14.0. The van der Waals surface area contributed by atoms with E-state index >= 15 is 0 Å². The second kappa shape index (κ2) is 9.75. The molecule has 0 spiro atoms. The lowest BCUT2D eigenvalue weighted by Gasteiger charge is -2.40. The summed E-state index contributed by atoms with van der Waals surface area (Å²) in [5.41, 5.74) is 7.43. The summed E-state index contributed by atoms with van der Waals surface area (Å²) in [6.07, 6.45) is 2.37. The van der Waals surface area contributed by atoms with Crippen LogP contribution in [0.4, 0.5) is 5.69 Å². The van der Waals surface area contributed by atoms with Crippen LogP contribution >= 0.6 is 0 Å². The van der Waals surface area contributed by atoms with Crippen molar-refractivity contribution in [2.75, 3.05) is 46.2 Å². The van der Waals surface area contributed by atoms with Crippen molar-refractivity contribution in [3.05, 3.63) is 45.2 Å². The molecule has 39 heavy (non-hydrogen) atoms. The van der Waals surface area contributed by atoms with Crippen molar-refractivity contribution in [2.45, 2.75) is 33.6 Å². The van der Waals surface area contributed by atoms with Gasteiger partial charge in [0.15, 0.2) is 17.3 Å². The number of primary amides is 1. The van der Waals surface area contributed by atoms with Gasteiger partial charge in [-0.05, 0) is 41.4 Å². The Morgan fingerprint density at radius 3 is 2.21 bits per heavy atom. The van der Waals surface area contributed by atoms with Crippen molar-refractivity contribution in [1.82, 2.24) is 10.2 Å². The van der Waals surface area contributed by atoms with Crippen LogP contribution < -0.4 is 16.0 Å². The molecule has 0 aromatic heterocycles. The smallest absolute Gasteiger partial charge is 0.256 e. The van der Waals surface area contributed by atoms with E-state index in [0.29, 0.717) is 36.2 Å². The number of amides is 1. The first-order valence-electron chi connectivity index (χ1n) is 13.0. The molecule has 0 bridgehead atoms. The number of hydrogen-bond acceptors (Lipinski definition) is 9. The van der Waals surface area contributed by atoms with Gasteiger partial charge in [0.1, 0.15) is 23.0 Å². The summed E-state index contributed by atoms with van der Waals surface area (Å²) in [6, 6.07) is 0. The normalized spacial score (nSPS) is 20.8. The summed E-state index contributed by atoms with van der Waals surface area (Å²) in [5.74, 6) is -5.16. The van der Waals surface area contributed by atoms with Gasteiger partial charge in [0.2, 0.25) is 0 Å². The maximum Gasteiger partial charge on any atom is 0.256 e. The number of carbonyl (C=O) groups is 3. The molecular formula is C29H38N4O6. The Hall–Kier alpha value is -3.79. The van der Waals surface area contributed by atoms with Crippen LogP contribution in [0.2, 0.25) is 0 Å². The number of anilines is 1. The first-order valence-corrected chi connectivity index (χ1v) is 13.0. The number of aliphatic hydroxyl groups is 1. The predicted octanol–water partition coefficient (Wildman–Crippen LogP) is 2.25. The van der Waals surface area contributed by atoms with E-state index < -0.39 is 46.3 Å². The molecule has 1 aromatic carbocycles. The fraction of sp³-hybridized carbons (Fsp3) is 0.483. The molecule has 1 unspecified atom stereocenters. The van der Waals surface area contributed by atoms with Gasteiger partial charge in [-0.15, -0.1) is 0 Å². The monoisotopic (exact) mass is 538 g/mol. The Labute approximate surface area is 228 Å². The van der Waals surface area contributed by atoms with Crippen LogP contribution in [0.15, 0.2) is 28.5 Å². The van der Waals surface area contributed by atoms with Crippen LogP contribution in [0.25, 0.3) is 5.76 Å². The zero-order valence-electron chi connectivity index (χ0n) is 23.6. The van der Waals surface area contributed by atoms with Crippen LogP contribution in [0.5, 0.6) is 11.5 Å². The van der Waals surface area contributed by atoms with Crippen molar-refractivity contribution in [3.63, 3.8) is 0 Å². The molecule has 4 rings (SSSR count). The average Bonchev–Trinajstić information content (AvgIpc) is 2.78. The fourth-order valence-corrected chi connectivity index (χ4v) is 5.97. The number of benzene rings is 1. The molecule has 1 amide bonds. The summed E-state index contributed by atoms with van der Waals surface area (Å²) in [5, 5.41) is 36.6. The van der Waals surface area contributed by atoms with Gasteiger partial charge in [-0.25, -0.2) is 0 Å². The third-order valence-electron chi connectivity index (χ3n) is 7.58. The van der Waals surface area contributed by atoms with Crippen LogP contribution in [0.3, 0.4) is 0 Å². The quantitative estimate of drug-likeness (QED) is 0.343. The second-order valence-corrected chi connectivity index (χ2v) is 12.2. The molecule has 3 aliphatic carbocycles. The molecular weight excluding hydrogens is 500 g/mol. The summed E-state index contributed by atoms with van der Waals surface area (Å²) in [4.78, 5) is 43.3. The van der Waals surface area contributed by atoms with E-state index in [-0.39, 0.29) is 34.4 Å². The minimum absolute atomic E-state index is 0.00916. The number of likely N-dealkylation sites (N-methyl/N-ethyl adjacent to an activating group) is 1. The molecule has 0 saturated heterocycles. The zero-order chi connectivity index (χ0) is 29.1. The number of aromatic hydroxyl groups is 2. The topological polar surface area (TPSA) is 156 Å². The van der Waals surface area contributed by atoms with Crippen LogP contribution in [0, 0.1) is 17.3 Å². The predicted molar refractivity (Wildman–Crippen MR) is 149 cm³/mol. The Morgan fingerprint density at radius 2 is 1.67 bits per heavy atom. The highest BCUT2D eigenvalue weighted by atomic mass is 16.3. The van der Waals surface area contributed by atoms with Gasteiger partial charge < -0.3 is 36.2 Å². The van der Waals surface area contributed by atoms with Crippen molar-refractivity contribution in [1.29, 1.82) is 0 Å². The lowest BCUT2D eigenvalue weighted by Crippen LogP contribution is -2.43. The Balaban J connectivity index is 1.87. The van der Waals surface area contributed by atoms with Crippen molar-refractivity contribution in [2.24, 2.45) is 23.0 Å². The van der Waals surface area contributed by atoms with Gasteiger partial charge >= 0.3 is 0 Å². The first kappa shape index (κ1) is 28.2. The van der Waals surface area contributed by atoms with Gasteiger partial charge in [0.05, 0.1) is 11.3 Å². The number of Topliss-reactive ketones (excluding diaryl/α,β-unsaturated/α-hetero) is 2. The number of fused-ring (bicyclic) bond motifs is 3. The number of carbonyl (C=O) groups excluding carboxylic acids is 3. The van der Waals surface area contributed by atoms with Crippen LogP contribution in [-0.4, -0.2) is 79.0 Å². The van der Waals surface area contributed by atoms with Gasteiger partial charge in [-0.2, -0.15) is 0 Å². The van der Waals surface area contributed by atoms with Gasteiger partial charge in [-0.3, -0.25) is 14.4 Å². The molecule has 210 valence electrons. The SMILES string of the molecule is CN(C)C1=C2C[C@H]3Cc4c(c(O)c(C(N)=O)c(O)c4N(C)C)C(O)=C3C(=O)C2C(=O)C(CNCC(C)(C)C)=C1. The number of aliphatic hydroxyl groups excluding tert-OH is 1. The molecule has 0 radical (unpaired) electrons. The van der Waals surface area contributed by atoms with E-state index in [0.717, 1.165) is 5.70 Å². The van der Waals surface area contributed by atoms with E-state index in [2.05, 4.69) is 26.1 Å². The Morgan fingerprint density at radius 1 is 1.03 bits per heavy atom. The molecule has 10 heteroatoms. The summed E-state index contributed by atoms with van der Waals surface area (Å²) < 4.78 is 0. The maximum absolute atomic E-state index is 14.0. The zero-order valence-corrected chi connectivity index (χ0v) is 23.6. The lowest BCUT2D eigenvalue weighted by molar-refractivity contribution is -0.128. The number of phenols is 2. The number of allylic oxidation sites excluding steroid dienone is 3. The summed E-state index contributed by atoms with van der Waals surface area (Å²) >= 11 is 0. The van der Waals surface area contributed by atoms with E-state index in [1.54, 1.807) is 19.0 Å². The standard InChI is InChI=1S/C29H38N4O6/c1-29(2,3)12-31-11-14-10-17(32(4)5)15-8-13-9-16-20(25(36)18(13)24(35)19(15)23(14)34)26(37)21(28(30)39)27(38)22(16)33(6)7/h10,13,19,31,36-38H,8-9,11-12H2,1-7H3,(H2,30,39)/t13-,19?/m0/s1. The highest BCUT2D eigenvalue weighted by molar-refractivity contribution is 6.22. The minimum atomic E-state index is -1.09. The van der Waals surface area contributed by atoms with Gasteiger partial charge in [-0.1, -0.05) is 20.8 Å². The molecule has 10 nitrogen and oxygen atoms in total. The van der Waals surface area contributed by atoms with Gasteiger partial charge in [0, 0.05) is 58.1 Å². The van der Waals surface area contributed by atoms with Crippen LogP contribution in [0.1, 0.15) is 48.7 Å².